The number of thiophene rings is 1. The molecule has 0 aliphatic rings. The molecule has 0 atom stereocenters. The van der Waals surface area contributed by atoms with Gasteiger partial charge in [0.05, 0.1) is 8.45 Å². The van der Waals surface area contributed by atoms with Crippen LogP contribution in [-0.4, -0.2) is 12.5 Å². The van der Waals surface area contributed by atoms with Gasteiger partial charge in [-0.15, -0.1) is 11.3 Å². The van der Waals surface area contributed by atoms with Gasteiger partial charge in [-0.1, -0.05) is 18.2 Å². The Kier molecular flexibility index (Phi) is 4.17. The van der Waals surface area contributed by atoms with Gasteiger partial charge in [-0.3, -0.25) is 4.79 Å². The average molecular weight is 357 g/mol. The van der Waals surface area contributed by atoms with E-state index in [1.165, 1.54) is 0 Å². The summed E-state index contributed by atoms with van der Waals surface area (Å²) in [7, 11) is 0. The highest BCUT2D eigenvalue weighted by molar-refractivity contribution is 14.1. The summed E-state index contributed by atoms with van der Waals surface area (Å²) in [6.07, 6.45) is 0. The molecule has 1 heterocycles. The molecule has 0 N–H and O–H groups in total. The first-order chi connectivity index (χ1) is 8.22. The molecule has 0 fully saturated rings. The summed E-state index contributed by atoms with van der Waals surface area (Å²) in [6.45, 7) is 2.66. The highest BCUT2D eigenvalue weighted by Gasteiger charge is 2.16. The molecule has 17 heavy (non-hydrogen) atoms. The van der Waals surface area contributed by atoms with E-state index in [9.17, 15) is 4.79 Å². The van der Waals surface area contributed by atoms with Crippen LogP contribution in [0.5, 0.6) is 0 Å². The van der Waals surface area contributed by atoms with Gasteiger partial charge in [-0.25, -0.2) is 0 Å². The lowest BCUT2D eigenvalue weighted by Gasteiger charge is -2.20. The number of carbonyl (C=O) groups is 1. The summed E-state index contributed by atoms with van der Waals surface area (Å²) in [5, 5.41) is 1.91. The van der Waals surface area contributed by atoms with Crippen LogP contribution in [0.3, 0.4) is 0 Å². The van der Waals surface area contributed by atoms with Crippen molar-refractivity contribution in [1.82, 2.24) is 0 Å². The first-order valence-corrected chi connectivity index (χ1v) is 7.29. The van der Waals surface area contributed by atoms with Gasteiger partial charge in [0.2, 0.25) is 0 Å². The molecule has 1 aromatic heterocycles. The molecular weight excluding hydrogens is 345 g/mol. The second-order valence-corrected chi connectivity index (χ2v) is 6.33. The van der Waals surface area contributed by atoms with Crippen LogP contribution in [0.4, 0.5) is 5.69 Å². The Labute approximate surface area is 118 Å². The fraction of sp³-hybridized carbons (Fsp3) is 0.154. The Hall–Kier alpha value is -0.880. The number of hydrogen-bond acceptors (Lipinski definition) is 2. The van der Waals surface area contributed by atoms with Gasteiger partial charge in [0.15, 0.2) is 0 Å². The summed E-state index contributed by atoms with van der Waals surface area (Å²) in [6, 6.07) is 11.7. The Morgan fingerprint density at radius 2 is 2.06 bits per heavy atom. The minimum Gasteiger partial charge on any atom is -0.309 e. The van der Waals surface area contributed by atoms with Crippen molar-refractivity contribution in [3.63, 3.8) is 0 Å². The number of carbonyl (C=O) groups excluding carboxylic acids is 1. The zero-order valence-corrected chi connectivity index (χ0v) is 12.4. The summed E-state index contributed by atoms with van der Waals surface area (Å²) in [5.41, 5.74) is 1.71. The molecule has 0 saturated heterocycles. The average Bonchev–Trinajstić information content (AvgIpc) is 2.78. The Morgan fingerprint density at radius 3 is 2.59 bits per heavy atom. The molecule has 1 aromatic carbocycles. The van der Waals surface area contributed by atoms with Gasteiger partial charge >= 0.3 is 0 Å². The van der Waals surface area contributed by atoms with Gasteiger partial charge in [-0.2, -0.15) is 0 Å². The van der Waals surface area contributed by atoms with E-state index in [-0.39, 0.29) is 5.91 Å². The maximum absolute atomic E-state index is 12.3. The zero-order valence-electron chi connectivity index (χ0n) is 9.39. The molecule has 2 rings (SSSR count). The largest absolute Gasteiger partial charge is 0.309 e. The van der Waals surface area contributed by atoms with E-state index in [0.29, 0.717) is 6.54 Å². The molecule has 2 aromatic rings. The van der Waals surface area contributed by atoms with E-state index < -0.39 is 0 Å². The van der Waals surface area contributed by atoms with Gasteiger partial charge < -0.3 is 4.90 Å². The predicted molar refractivity (Wildman–Crippen MR) is 80.8 cm³/mol. The van der Waals surface area contributed by atoms with Crippen LogP contribution in [-0.2, 0) is 0 Å². The topological polar surface area (TPSA) is 20.3 Å². The SMILES string of the molecule is CCN(C(=O)c1csc(I)c1)c1ccccc1. The fourth-order valence-electron chi connectivity index (χ4n) is 1.63. The molecule has 1 amide bonds. The third kappa shape index (κ3) is 2.87. The molecular formula is C13H12INOS. The van der Waals surface area contributed by atoms with Crippen molar-refractivity contribution in [3.8, 4) is 0 Å². The molecule has 0 bridgehead atoms. The lowest BCUT2D eigenvalue weighted by Crippen LogP contribution is -2.30. The first-order valence-electron chi connectivity index (χ1n) is 5.33. The number of halogens is 1. The number of amides is 1. The number of anilines is 1. The van der Waals surface area contributed by atoms with E-state index >= 15 is 0 Å². The lowest BCUT2D eigenvalue weighted by molar-refractivity contribution is 0.0988. The van der Waals surface area contributed by atoms with E-state index in [0.717, 1.165) is 14.1 Å². The molecule has 0 aliphatic carbocycles. The molecule has 0 saturated carbocycles. The van der Waals surface area contributed by atoms with Crippen LogP contribution in [0.25, 0.3) is 0 Å². The highest BCUT2D eigenvalue weighted by atomic mass is 127. The van der Waals surface area contributed by atoms with Crippen molar-refractivity contribution in [2.24, 2.45) is 0 Å². The van der Waals surface area contributed by atoms with Crippen LogP contribution in [0.15, 0.2) is 41.8 Å². The quantitative estimate of drug-likeness (QED) is 0.760. The molecule has 0 aliphatic heterocycles. The predicted octanol–water partition coefficient (Wildman–Crippen LogP) is 4.02. The number of hydrogen-bond donors (Lipinski definition) is 0. The van der Waals surface area contributed by atoms with E-state index in [2.05, 4.69) is 22.6 Å². The molecule has 0 spiro atoms. The molecule has 4 heteroatoms. The van der Waals surface area contributed by atoms with Crippen LogP contribution in [0.1, 0.15) is 17.3 Å². The second kappa shape index (κ2) is 5.64. The molecule has 2 nitrogen and oxygen atoms in total. The molecule has 88 valence electrons. The smallest absolute Gasteiger partial charge is 0.259 e. The van der Waals surface area contributed by atoms with Crippen molar-refractivity contribution < 1.29 is 4.79 Å². The normalized spacial score (nSPS) is 10.2. The highest BCUT2D eigenvalue weighted by Crippen LogP contribution is 2.21. The maximum Gasteiger partial charge on any atom is 0.259 e. The standard InChI is InChI=1S/C13H12INOS/c1-2-15(11-6-4-3-5-7-11)13(16)10-8-12(14)17-9-10/h3-9H,2H2,1H3. The van der Waals surface area contributed by atoms with Crippen LogP contribution in [0.2, 0.25) is 0 Å². The second-order valence-electron chi connectivity index (χ2n) is 3.52. The number of rotatable bonds is 3. The van der Waals surface area contributed by atoms with E-state index in [4.69, 9.17) is 0 Å². The van der Waals surface area contributed by atoms with Crippen molar-refractivity contribution in [1.29, 1.82) is 0 Å². The fourth-order valence-corrected chi connectivity index (χ4v) is 2.95. The Bertz CT molecular complexity index is 509. The Morgan fingerprint density at radius 1 is 1.35 bits per heavy atom. The molecule has 0 unspecified atom stereocenters. The lowest BCUT2D eigenvalue weighted by atomic mass is 10.2. The van der Waals surface area contributed by atoms with E-state index in [1.807, 2.05) is 48.7 Å². The van der Waals surface area contributed by atoms with Crippen LogP contribution < -0.4 is 4.90 Å². The van der Waals surface area contributed by atoms with Crippen LogP contribution >= 0.6 is 33.9 Å². The number of para-hydroxylation sites is 1. The minimum atomic E-state index is 0.0675. The van der Waals surface area contributed by atoms with Crippen molar-refractivity contribution in [3.05, 3.63) is 50.2 Å². The number of benzene rings is 1. The zero-order chi connectivity index (χ0) is 12.3. The first kappa shape index (κ1) is 12.6. The Balaban J connectivity index is 2.28. The monoisotopic (exact) mass is 357 g/mol. The maximum atomic E-state index is 12.3. The summed E-state index contributed by atoms with van der Waals surface area (Å²) in [4.78, 5) is 14.1. The third-order valence-corrected chi connectivity index (χ3v) is 4.23. The van der Waals surface area contributed by atoms with Crippen molar-refractivity contribution >= 4 is 45.5 Å². The molecule has 0 radical (unpaired) electrons. The minimum absolute atomic E-state index is 0.0675. The number of nitrogens with zero attached hydrogens (tertiary/aromatic N) is 1. The van der Waals surface area contributed by atoms with Crippen molar-refractivity contribution in [2.45, 2.75) is 6.92 Å². The van der Waals surface area contributed by atoms with Gasteiger partial charge in [-0.05, 0) is 47.7 Å². The summed E-state index contributed by atoms with van der Waals surface area (Å²) >= 11 is 3.83. The third-order valence-electron chi connectivity index (χ3n) is 2.44. The summed E-state index contributed by atoms with van der Waals surface area (Å²) < 4.78 is 1.13. The van der Waals surface area contributed by atoms with Crippen molar-refractivity contribution in [2.75, 3.05) is 11.4 Å². The van der Waals surface area contributed by atoms with Gasteiger partial charge in [0.1, 0.15) is 0 Å². The van der Waals surface area contributed by atoms with Gasteiger partial charge in [0, 0.05) is 17.6 Å². The van der Waals surface area contributed by atoms with E-state index in [1.54, 1.807) is 16.2 Å². The summed E-state index contributed by atoms with van der Waals surface area (Å²) in [5.74, 6) is 0.0675. The van der Waals surface area contributed by atoms with Gasteiger partial charge in [0.25, 0.3) is 5.91 Å². The van der Waals surface area contributed by atoms with Crippen LogP contribution in [0, 0.1) is 2.88 Å².